The number of carbonyl (C=O) groups is 1. The van der Waals surface area contributed by atoms with Crippen molar-refractivity contribution in [2.45, 2.75) is 0 Å². The van der Waals surface area contributed by atoms with Crippen LogP contribution < -0.4 is 0 Å². The second-order valence-corrected chi connectivity index (χ2v) is 4.57. The fourth-order valence-corrected chi connectivity index (χ4v) is 2.35. The van der Waals surface area contributed by atoms with Crippen LogP contribution in [-0.2, 0) is 0 Å². The van der Waals surface area contributed by atoms with E-state index in [0.29, 0.717) is 11.1 Å². The van der Waals surface area contributed by atoms with Gasteiger partial charge in [-0.1, -0.05) is 42.5 Å². The minimum absolute atomic E-state index is 0.0809. The fourth-order valence-electron chi connectivity index (χ4n) is 2.35. The maximum absolute atomic E-state index is 11.3. The van der Waals surface area contributed by atoms with Crippen molar-refractivity contribution in [3.63, 3.8) is 0 Å². The molecule has 3 aromatic carbocycles. The van der Waals surface area contributed by atoms with Crippen molar-refractivity contribution in [2.75, 3.05) is 0 Å². The SMILES string of the molecule is O=C(O)c1ccccc1-c1cc2ccccc2cc1O. The van der Waals surface area contributed by atoms with Crippen molar-refractivity contribution in [1.82, 2.24) is 0 Å². The molecule has 0 aliphatic carbocycles. The van der Waals surface area contributed by atoms with Crippen LogP contribution in [0.25, 0.3) is 21.9 Å². The summed E-state index contributed by atoms with van der Waals surface area (Å²) in [5, 5.41) is 21.3. The number of hydrogen-bond acceptors (Lipinski definition) is 2. The molecule has 0 atom stereocenters. The first-order valence-corrected chi connectivity index (χ1v) is 6.21. The molecule has 98 valence electrons. The highest BCUT2D eigenvalue weighted by molar-refractivity contribution is 5.99. The average molecular weight is 264 g/mol. The van der Waals surface area contributed by atoms with Gasteiger partial charge in [0.05, 0.1) is 5.56 Å². The molecule has 0 heterocycles. The molecule has 3 aromatic rings. The van der Waals surface area contributed by atoms with Crippen molar-refractivity contribution >= 4 is 16.7 Å². The van der Waals surface area contributed by atoms with Gasteiger partial charge in [0.2, 0.25) is 0 Å². The molecule has 0 aromatic heterocycles. The van der Waals surface area contributed by atoms with Gasteiger partial charge < -0.3 is 10.2 Å². The van der Waals surface area contributed by atoms with Crippen LogP contribution >= 0.6 is 0 Å². The monoisotopic (exact) mass is 264 g/mol. The Bertz CT molecular complexity index is 806. The maximum atomic E-state index is 11.3. The second kappa shape index (κ2) is 4.70. The number of carboxylic acids is 1. The molecule has 3 heteroatoms. The molecule has 0 amide bonds. The molecular weight excluding hydrogens is 252 g/mol. The van der Waals surface area contributed by atoms with E-state index in [-0.39, 0.29) is 11.3 Å². The molecule has 3 nitrogen and oxygen atoms in total. The summed E-state index contributed by atoms with van der Waals surface area (Å²) in [4.78, 5) is 11.3. The van der Waals surface area contributed by atoms with Gasteiger partial charge in [-0.2, -0.15) is 0 Å². The molecular formula is C17H12O3. The smallest absolute Gasteiger partial charge is 0.336 e. The minimum atomic E-state index is -1.01. The zero-order valence-electron chi connectivity index (χ0n) is 10.6. The summed E-state index contributed by atoms with van der Waals surface area (Å²) in [5.74, 6) is -0.925. The summed E-state index contributed by atoms with van der Waals surface area (Å²) in [6.45, 7) is 0. The molecule has 0 aliphatic rings. The molecule has 20 heavy (non-hydrogen) atoms. The van der Waals surface area contributed by atoms with Gasteiger partial charge in [-0.3, -0.25) is 0 Å². The summed E-state index contributed by atoms with van der Waals surface area (Å²) >= 11 is 0. The lowest BCUT2D eigenvalue weighted by Crippen LogP contribution is -1.99. The van der Waals surface area contributed by atoms with E-state index >= 15 is 0 Å². The predicted molar refractivity (Wildman–Crippen MR) is 78.0 cm³/mol. The van der Waals surface area contributed by atoms with E-state index in [1.165, 1.54) is 6.07 Å². The standard InChI is InChI=1S/C17H12O3/c18-16-10-12-6-2-1-5-11(12)9-15(16)13-7-3-4-8-14(13)17(19)20/h1-10,18H,(H,19,20). The molecule has 0 saturated heterocycles. The van der Waals surface area contributed by atoms with Crippen molar-refractivity contribution < 1.29 is 15.0 Å². The van der Waals surface area contributed by atoms with Crippen LogP contribution in [0.3, 0.4) is 0 Å². The Kier molecular flexibility index (Phi) is 2.88. The number of fused-ring (bicyclic) bond motifs is 1. The van der Waals surface area contributed by atoms with Gasteiger partial charge in [-0.15, -0.1) is 0 Å². The van der Waals surface area contributed by atoms with E-state index in [1.807, 2.05) is 30.3 Å². The predicted octanol–water partition coefficient (Wildman–Crippen LogP) is 3.91. The Morgan fingerprint density at radius 3 is 2.10 bits per heavy atom. The average Bonchev–Trinajstić information content (AvgIpc) is 2.46. The Morgan fingerprint density at radius 1 is 0.800 bits per heavy atom. The highest BCUT2D eigenvalue weighted by Crippen LogP contribution is 2.35. The van der Waals surface area contributed by atoms with Crippen LogP contribution in [0.5, 0.6) is 5.75 Å². The Morgan fingerprint density at radius 2 is 1.40 bits per heavy atom. The minimum Gasteiger partial charge on any atom is -0.507 e. The van der Waals surface area contributed by atoms with Crippen LogP contribution in [-0.4, -0.2) is 16.2 Å². The van der Waals surface area contributed by atoms with E-state index in [1.54, 1.807) is 24.3 Å². The van der Waals surface area contributed by atoms with Gasteiger partial charge in [0, 0.05) is 5.56 Å². The molecule has 3 rings (SSSR count). The van der Waals surface area contributed by atoms with Gasteiger partial charge in [-0.05, 0) is 34.5 Å². The number of rotatable bonds is 2. The van der Waals surface area contributed by atoms with Gasteiger partial charge in [-0.25, -0.2) is 4.79 Å². The van der Waals surface area contributed by atoms with Crippen molar-refractivity contribution in [2.24, 2.45) is 0 Å². The third-order valence-electron chi connectivity index (χ3n) is 3.31. The molecule has 0 aliphatic heterocycles. The van der Waals surface area contributed by atoms with Crippen molar-refractivity contribution in [3.8, 4) is 16.9 Å². The first-order valence-electron chi connectivity index (χ1n) is 6.21. The van der Waals surface area contributed by atoms with Gasteiger partial charge in [0.15, 0.2) is 0 Å². The van der Waals surface area contributed by atoms with E-state index in [2.05, 4.69) is 0 Å². The topological polar surface area (TPSA) is 57.5 Å². The maximum Gasteiger partial charge on any atom is 0.336 e. The summed E-state index contributed by atoms with van der Waals surface area (Å²) in [5.41, 5.74) is 1.23. The summed E-state index contributed by atoms with van der Waals surface area (Å²) in [6.07, 6.45) is 0. The molecule has 0 spiro atoms. The highest BCUT2D eigenvalue weighted by atomic mass is 16.4. The molecule has 2 N–H and O–H groups in total. The number of phenolic OH excluding ortho intramolecular Hbond substituents is 1. The second-order valence-electron chi connectivity index (χ2n) is 4.57. The Balaban J connectivity index is 2.29. The first-order chi connectivity index (χ1) is 9.66. The zero-order valence-corrected chi connectivity index (χ0v) is 10.6. The molecule has 0 saturated carbocycles. The number of carboxylic acid groups (broad SMARTS) is 1. The van der Waals surface area contributed by atoms with Gasteiger partial charge in [0.25, 0.3) is 0 Å². The summed E-state index contributed by atoms with van der Waals surface area (Å²) < 4.78 is 0. The van der Waals surface area contributed by atoms with Crippen LogP contribution in [0.15, 0.2) is 60.7 Å². The molecule has 0 fully saturated rings. The molecule has 0 unspecified atom stereocenters. The van der Waals surface area contributed by atoms with E-state index in [0.717, 1.165) is 10.8 Å². The third kappa shape index (κ3) is 1.99. The fraction of sp³-hybridized carbons (Fsp3) is 0. The van der Waals surface area contributed by atoms with E-state index in [9.17, 15) is 15.0 Å². The van der Waals surface area contributed by atoms with E-state index in [4.69, 9.17) is 0 Å². The number of benzene rings is 3. The highest BCUT2D eigenvalue weighted by Gasteiger charge is 2.14. The lowest BCUT2D eigenvalue weighted by atomic mass is 9.96. The van der Waals surface area contributed by atoms with Crippen LogP contribution in [0, 0.1) is 0 Å². The largest absolute Gasteiger partial charge is 0.507 e. The van der Waals surface area contributed by atoms with Crippen molar-refractivity contribution in [1.29, 1.82) is 0 Å². The molecule has 0 radical (unpaired) electrons. The number of hydrogen-bond donors (Lipinski definition) is 2. The Hall–Kier alpha value is -2.81. The third-order valence-corrected chi connectivity index (χ3v) is 3.31. The summed E-state index contributed by atoms with van der Waals surface area (Å²) in [7, 11) is 0. The quantitative estimate of drug-likeness (QED) is 0.737. The lowest BCUT2D eigenvalue weighted by molar-refractivity contribution is 0.0698. The molecule has 0 bridgehead atoms. The zero-order chi connectivity index (χ0) is 14.1. The Labute approximate surface area is 115 Å². The summed E-state index contributed by atoms with van der Waals surface area (Å²) in [6, 6.07) is 17.8. The lowest BCUT2D eigenvalue weighted by Gasteiger charge is -2.10. The van der Waals surface area contributed by atoms with Crippen LogP contribution in [0.2, 0.25) is 0 Å². The van der Waals surface area contributed by atoms with Crippen LogP contribution in [0.4, 0.5) is 0 Å². The number of aromatic carboxylic acids is 1. The van der Waals surface area contributed by atoms with Gasteiger partial charge in [0.1, 0.15) is 5.75 Å². The van der Waals surface area contributed by atoms with E-state index < -0.39 is 5.97 Å². The number of aromatic hydroxyl groups is 1. The van der Waals surface area contributed by atoms with Crippen molar-refractivity contribution in [3.05, 3.63) is 66.2 Å². The van der Waals surface area contributed by atoms with Crippen LogP contribution in [0.1, 0.15) is 10.4 Å². The van der Waals surface area contributed by atoms with Gasteiger partial charge >= 0.3 is 5.97 Å². The number of phenols is 1. The first kappa shape index (κ1) is 12.2. The normalized spacial score (nSPS) is 10.6.